The fourth-order valence-electron chi connectivity index (χ4n) is 1.89. The van der Waals surface area contributed by atoms with E-state index in [2.05, 4.69) is 21.1 Å². The molecule has 114 valence electrons. The smallest absolute Gasteiger partial charge is 0.246 e. The van der Waals surface area contributed by atoms with Crippen LogP contribution in [0.4, 0.5) is 4.39 Å². The Morgan fingerprint density at radius 1 is 1.38 bits per heavy atom. The molecule has 0 saturated heterocycles. The maximum absolute atomic E-state index is 13.9. The molecule has 0 aliphatic heterocycles. The summed E-state index contributed by atoms with van der Waals surface area (Å²) in [5.41, 5.74) is 1.30. The summed E-state index contributed by atoms with van der Waals surface area (Å²) in [6, 6.07) is 3.84. The highest BCUT2D eigenvalue weighted by atomic mass is 79.9. The van der Waals surface area contributed by atoms with E-state index < -0.39 is 15.8 Å². The van der Waals surface area contributed by atoms with Crippen molar-refractivity contribution in [1.82, 2.24) is 9.46 Å². The van der Waals surface area contributed by atoms with Crippen LogP contribution in [0.15, 0.2) is 32.1 Å². The second kappa shape index (κ2) is 5.86. The van der Waals surface area contributed by atoms with Crippen LogP contribution in [0, 0.1) is 19.7 Å². The van der Waals surface area contributed by atoms with Crippen molar-refractivity contribution >= 4 is 26.0 Å². The van der Waals surface area contributed by atoms with Gasteiger partial charge in [-0.3, -0.25) is 0 Å². The number of benzene rings is 1. The summed E-state index contributed by atoms with van der Waals surface area (Å²) in [4.78, 5) is -0.361. The Balaban J connectivity index is 2.35. The van der Waals surface area contributed by atoms with Gasteiger partial charge in [-0.2, -0.15) is 4.31 Å². The molecule has 21 heavy (non-hydrogen) atoms. The number of aromatic nitrogens is 1. The predicted octanol–water partition coefficient (Wildman–Crippen LogP) is 3.01. The van der Waals surface area contributed by atoms with Crippen molar-refractivity contribution in [2.75, 3.05) is 7.05 Å². The van der Waals surface area contributed by atoms with Gasteiger partial charge >= 0.3 is 0 Å². The Bertz CT molecular complexity index is 754. The van der Waals surface area contributed by atoms with E-state index in [4.69, 9.17) is 4.52 Å². The van der Waals surface area contributed by atoms with E-state index in [1.165, 1.54) is 19.2 Å². The standard InChI is InChI=1S/C13H14BrFN2O3S/c1-8-11(9(2)20-16-8)7-17(3)21(18,19)13-5-4-10(14)6-12(13)15/h4-6H,7H2,1-3H3. The van der Waals surface area contributed by atoms with Gasteiger partial charge in [-0.1, -0.05) is 21.1 Å². The van der Waals surface area contributed by atoms with Crippen LogP contribution >= 0.6 is 15.9 Å². The molecular weight excluding hydrogens is 363 g/mol. The molecule has 0 bridgehead atoms. The third-order valence-electron chi connectivity index (χ3n) is 3.14. The van der Waals surface area contributed by atoms with Crippen LogP contribution in [0.2, 0.25) is 0 Å². The number of aryl methyl sites for hydroxylation is 2. The maximum atomic E-state index is 13.9. The van der Waals surface area contributed by atoms with Crippen molar-refractivity contribution in [2.45, 2.75) is 25.3 Å². The van der Waals surface area contributed by atoms with Crippen LogP contribution in [0.1, 0.15) is 17.0 Å². The normalized spacial score (nSPS) is 12.1. The van der Waals surface area contributed by atoms with Gasteiger partial charge in [0.1, 0.15) is 16.5 Å². The summed E-state index contributed by atoms with van der Waals surface area (Å²) in [6.45, 7) is 3.50. The molecule has 0 N–H and O–H groups in total. The molecule has 0 amide bonds. The molecule has 0 fully saturated rings. The molecule has 0 aliphatic rings. The number of hydrogen-bond donors (Lipinski definition) is 0. The highest BCUT2D eigenvalue weighted by Gasteiger charge is 2.26. The molecule has 2 aromatic rings. The first-order valence-corrected chi connectivity index (χ1v) is 8.30. The van der Waals surface area contributed by atoms with Gasteiger partial charge in [0, 0.05) is 23.6 Å². The van der Waals surface area contributed by atoms with Crippen molar-refractivity contribution in [3.8, 4) is 0 Å². The molecule has 5 nitrogen and oxygen atoms in total. The van der Waals surface area contributed by atoms with Gasteiger partial charge in [0.2, 0.25) is 10.0 Å². The van der Waals surface area contributed by atoms with E-state index in [-0.39, 0.29) is 11.4 Å². The largest absolute Gasteiger partial charge is 0.361 e. The van der Waals surface area contributed by atoms with Gasteiger partial charge in [-0.15, -0.1) is 0 Å². The third-order valence-corrected chi connectivity index (χ3v) is 5.47. The summed E-state index contributed by atoms with van der Waals surface area (Å²) in [5, 5.41) is 3.78. The van der Waals surface area contributed by atoms with E-state index in [1.54, 1.807) is 13.8 Å². The van der Waals surface area contributed by atoms with Gasteiger partial charge in [0.15, 0.2) is 0 Å². The lowest BCUT2D eigenvalue weighted by Crippen LogP contribution is -2.27. The maximum Gasteiger partial charge on any atom is 0.246 e. The van der Waals surface area contributed by atoms with Crippen molar-refractivity contribution in [2.24, 2.45) is 0 Å². The van der Waals surface area contributed by atoms with Crippen molar-refractivity contribution < 1.29 is 17.3 Å². The lowest BCUT2D eigenvalue weighted by Gasteiger charge is -2.17. The van der Waals surface area contributed by atoms with Crippen LogP contribution in [0.25, 0.3) is 0 Å². The minimum atomic E-state index is -3.93. The summed E-state index contributed by atoms with van der Waals surface area (Å²) >= 11 is 3.10. The van der Waals surface area contributed by atoms with Gasteiger partial charge in [-0.05, 0) is 32.0 Å². The highest BCUT2D eigenvalue weighted by molar-refractivity contribution is 9.10. The lowest BCUT2D eigenvalue weighted by molar-refractivity contribution is 0.390. The lowest BCUT2D eigenvalue weighted by atomic mass is 10.2. The first kappa shape index (κ1) is 16.1. The number of sulfonamides is 1. The van der Waals surface area contributed by atoms with E-state index in [0.29, 0.717) is 21.5 Å². The summed E-state index contributed by atoms with van der Waals surface area (Å²) < 4.78 is 45.3. The fourth-order valence-corrected chi connectivity index (χ4v) is 3.40. The number of nitrogens with zero attached hydrogens (tertiary/aromatic N) is 2. The molecule has 1 heterocycles. The third kappa shape index (κ3) is 3.17. The molecule has 8 heteroatoms. The topological polar surface area (TPSA) is 63.4 Å². The van der Waals surface area contributed by atoms with E-state index >= 15 is 0 Å². The fraction of sp³-hybridized carbons (Fsp3) is 0.308. The Hall–Kier alpha value is -1.25. The van der Waals surface area contributed by atoms with Crippen LogP contribution in [0.5, 0.6) is 0 Å². The SMILES string of the molecule is Cc1noc(C)c1CN(C)S(=O)(=O)c1ccc(Br)cc1F. The van der Waals surface area contributed by atoms with Gasteiger partial charge in [0.25, 0.3) is 0 Å². The average molecular weight is 377 g/mol. The first-order chi connectivity index (χ1) is 9.73. The van der Waals surface area contributed by atoms with Gasteiger partial charge in [-0.25, -0.2) is 12.8 Å². The number of hydrogen-bond acceptors (Lipinski definition) is 4. The zero-order valence-corrected chi connectivity index (χ0v) is 14.1. The minimum absolute atomic E-state index is 0.0685. The quantitative estimate of drug-likeness (QED) is 0.822. The van der Waals surface area contributed by atoms with E-state index in [9.17, 15) is 12.8 Å². The monoisotopic (exact) mass is 376 g/mol. The average Bonchev–Trinajstić information content (AvgIpc) is 2.70. The van der Waals surface area contributed by atoms with E-state index in [1.807, 2.05) is 0 Å². The Labute approximate surface area is 130 Å². The zero-order chi connectivity index (χ0) is 15.8. The summed E-state index contributed by atoms with van der Waals surface area (Å²) in [7, 11) is -2.54. The van der Waals surface area contributed by atoms with Gasteiger partial charge < -0.3 is 4.52 Å². The zero-order valence-electron chi connectivity index (χ0n) is 11.7. The molecular formula is C13H14BrFN2O3S. The number of halogens is 2. The highest BCUT2D eigenvalue weighted by Crippen LogP contribution is 2.24. The molecule has 2 rings (SSSR count). The van der Waals surface area contributed by atoms with Crippen molar-refractivity contribution in [1.29, 1.82) is 0 Å². The minimum Gasteiger partial charge on any atom is -0.361 e. The molecule has 1 aromatic heterocycles. The molecule has 0 spiro atoms. The first-order valence-electron chi connectivity index (χ1n) is 6.06. The summed E-state index contributed by atoms with van der Waals surface area (Å²) in [6.07, 6.45) is 0. The van der Waals surface area contributed by atoms with Crippen LogP contribution in [-0.4, -0.2) is 24.9 Å². The van der Waals surface area contributed by atoms with Crippen LogP contribution < -0.4 is 0 Å². The predicted molar refractivity (Wildman–Crippen MR) is 78.7 cm³/mol. The molecule has 0 radical (unpaired) electrons. The van der Waals surface area contributed by atoms with Crippen LogP contribution in [0.3, 0.4) is 0 Å². The Kier molecular flexibility index (Phi) is 4.50. The van der Waals surface area contributed by atoms with Crippen LogP contribution in [-0.2, 0) is 16.6 Å². The molecule has 1 aromatic carbocycles. The Morgan fingerprint density at radius 2 is 2.05 bits per heavy atom. The molecule has 0 aliphatic carbocycles. The second-order valence-corrected chi connectivity index (χ2v) is 7.57. The van der Waals surface area contributed by atoms with Gasteiger partial charge in [0.05, 0.1) is 5.69 Å². The van der Waals surface area contributed by atoms with Crippen molar-refractivity contribution in [3.05, 3.63) is 45.5 Å². The molecule has 0 atom stereocenters. The Morgan fingerprint density at radius 3 is 2.57 bits per heavy atom. The summed E-state index contributed by atoms with van der Waals surface area (Å²) in [5.74, 6) is -0.249. The second-order valence-electron chi connectivity index (χ2n) is 4.64. The number of rotatable bonds is 4. The van der Waals surface area contributed by atoms with Crippen molar-refractivity contribution in [3.63, 3.8) is 0 Å². The molecule has 0 saturated carbocycles. The molecule has 0 unspecified atom stereocenters. The van der Waals surface area contributed by atoms with E-state index in [0.717, 1.165) is 10.4 Å².